The molecule has 0 atom stereocenters. The standard InChI is InChI=1S/C22H19ClN2O2/c1-26-16-10-12-17(13-11-16)27-15-14-25-21-9-5-4-8-20(21)24-22(25)18-6-2-3-7-19(18)23/h2-13H,14-15H2,1H3. The first-order valence-electron chi connectivity index (χ1n) is 8.73. The number of imidazole rings is 1. The molecule has 0 unspecified atom stereocenters. The molecule has 0 spiro atoms. The Morgan fingerprint density at radius 2 is 1.59 bits per heavy atom. The average Bonchev–Trinajstić information content (AvgIpc) is 3.07. The first-order valence-corrected chi connectivity index (χ1v) is 9.11. The molecule has 3 aromatic carbocycles. The van der Waals surface area contributed by atoms with Gasteiger partial charge in [0.1, 0.15) is 23.9 Å². The third-order valence-corrected chi connectivity index (χ3v) is 4.74. The summed E-state index contributed by atoms with van der Waals surface area (Å²) in [6.45, 7) is 1.18. The van der Waals surface area contributed by atoms with Gasteiger partial charge in [0.15, 0.2) is 0 Å². The van der Waals surface area contributed by atoms with Crippen LogP contribution in [0.3, 0.4) is 0 Å². The van der Waals surface area contributed by atoms with Crippen LogP contribution in [0, 0.1) is 0 Å². The van der Waals surface area contributed by atoms with Crippen LogP contribution < -0.4 is 9.47 Å². The molecule has 0 fully saturated rings. The monoisotopic (exact) mass is 378 g/mol. The number of ether oxygens (including phenoxy) is 2. The summed E-state index contributed by atoms with van der Waals surface area (Å²) < 4.78 is 13.2. The van der Waals surface area contributed by atoms with Crippen LogP contribution in [0.25, 0.3) is 22.4 Å². The first-order chi connectivity index (χ1) is 13.3. The smallest absolute Gasteiger partial charge is 0.142 e. The predicted octanol–water partition coefficient (Wildman–Crippen LogP) is 5.44. The van der Waals surface area contributed by atoms with Crippen molar-refractivity contribution in [1.82, 2.24) is 9.55 Å². The van der Waals surface area contributed by atoms with Crippen LogP contribution in [-0.2, 0) is 6.54 Å². The van der Waals surface area contributed by atoms with E-state index in [9.17, 15) is 0 Å². The second-order valence-corrected chi connectivity index (χ2v) is 6.49. The van der Waals surface area contributed by atoms with E-state index in [1.807, 2.05) is 66.7 Å². The van der Waals surface area contributed by atoms with Crippen molar-refractivity contribution < 1.29 is 9.47 Å². The van der Waals surface area contributed by atoms with Gasteiger partial charge in [-0.15, -0.1) is 0 Å². The Hall–Kier alpha value is -2.98. The van der Waals surface area contributed by atoms with Crippen molar-refractivity contribution in [2.75, 3.05) is 13.7 Å². The molecule has 4 rings (SSSR count). The van der Waals surface area contributed by atoms with E-state index in [2.05, 4.69) is 10.6 Å². The number of rotatable bonds is 6. The minimum Gasteiger partial charge on any atom is -0.497 e. The van der Waals surface area contributed by atoms with E-state index in [0.717, 1.165) is 33.9 Å². The Bertz CT molecular complexity index is 1060. The molecule has 4 aromatic rings. The van der Waals surface area contributed by atoms with E-state index in [-0.39, 0.29) is 0 Å². The van der Waals surface area contributed by atoms with E-state index >= 15 is 0 Å². The molecule has 1 heterocycles. The van der Waals surface area contributed by atoms with Gasteiger partial charge in [-0.1, -0.05) is 35.9 Å². The number of benzene rings is 3. The highest BCUT2D eigenvalue weighted by Gasteiger charge is 2.14. The summed E-state index contributed by atoms with van der Waals surface area (Å²) in [4.78, 5) is 4.80. The zero-order valence-electron chi connectivity index (χ0n) is 14.9. The minimum absolute atomic E-state index is 0.518. The Kier molecular flexibility index (Phi) is 4.99. The number of methoxy groups -OCH3 is 1. The van der Waals surface area contributed by atoms with Gasteiger partial charge in [0, 0.05) is 5.56 Å². The summed E-state index contributed by atoms with van der Waals surface area (Å²) in [5.74, 6) is 2.46. The summed E-state index contributed by atoms with van der Waals surface area (Å²) in [6, 6.07) is 23.4. The van der Waals surface area contributed by atoms with Crippen LogP contribution in [0.15, 0.2) is 72.8 Å². The van der Waals surface area contributed by atoms with Crippen LogP contribution in [0.2, 0.25) is 5.02 Å². The van der Waals surface area contributed by atoms with E-state index in [1.165, 1.54) is 0 Å². The van der Waals surface area contributed by atoms with Gasteiger partial charge in [0.05, 0.1) is 29.7 Å². The Morgan fingerprint density at radius 1 is 0.889 bits per heavy atom. The molecule has 0 amide bonds. The number of aromatic nitrogens is 2. The lowest BCUT2D eigenvalue weighted by molar-refractivity contribution is 0.300. The van der Waals surface area contributed by atoms with Crippen LogP contribution >= 0.6 is 11.6 Å². The summed E-state index contributed by atoms with van der Waals surface area (Å²) in [6.07, 6.45) is 0. The molecule has 136 valence electrons. The van der Waals surface area contributed by atoms with Crippen LogP contribution in [-0.4, -0.2) is 23.3 Å². The van der Waals surface area contributed by atoms with Crippen molar-refractivity contribution >= 4 is 22.6 Å². The fourth-order valence-corrected chi connectivity index (χ4v) is 3.30. The van der Waals surface area contributed by atoms with Gasteiger partial charge in [-0.3, -0.25) is 0 Å². The normalized spacial score (nSPS) is 10.9. The van der Waals surface area contributed by atoms with Crippen molar-refractivity contribution in [2.45, 2.75) is 6.54 Å². The highest BCUT2D eigenvalue weighted by atomic mass is 35.5. The second-order valence-electron chi connectivity index (χ2n) is 6.08. The van der Waals surface area contributed by atoms with E-state index in [0.29, 0.717) is 18.2 Å². The predicted molar refractivity (Wildman–Crippen MR) is 109 cm³/mol. The molecule has 4 nitrogen and oxygen atoms in total. The molecule has 0 radical (unpaired) electrons. The van der Waals surface area contributed by atoms with Gasteiger partial charge in [-0.05, 0) is 48.5 Å². The van der Waals surface area contributed by atoms with Gasteiger partial charge < -0.3 is 14.0 Å². The maximum atomic E-state index is 6.42. The summed E-state index contributed by atoms with van der Waals surface area (Å²) in [7, 11) is 1.65. The van der Waals surface area contributed by atoms with Gasteiger partial charge in [-0.25, -0.2) is 4.98 Å². The van der Waals surface area contributed by atoms with Gasteiger partial charge in [-0.2, -0.15) is 0 Å². The molecule has 0 aliphatic rings. The van der Waals surface area contributed by atoms with Crippen molar-refractivity contribution in [3.8, 4) is 22.9 Å². The number of nitrogens with zero attached hydrogens (tertiary/aromatic N) is 2. The number of hydrogen-bond acceptors (Lipinski definition) is 3. The third kappa shape index (κ3) is 3.62. The Balaban J connectivity index is 1.62. The Labute approximate surface area is 162 Å². The summed E-state index contributed by atoms with van der Waals surface area (Å²) >= 11 is 6.42. The highest BCUT2D eigenvalue weighted by molar-refractivity contribution is 6.33. The SMILES string of the molecule is COc1ccc(OCCn2c(-c3ccccc3Cl)nc3ccccc32)cc1. The maximum absolute atomic E-state index is 6.42. The molecule has 0 aliphatic carbocycles. The Morgan fingerprint density at radius 3 is 2.37 bits per heavy atom. The van der Waals surface area contributed by atoms with E-state index < -0.39 is 0 Å². The molecule has 0 bridgehead atoms. The number of halogens is 1. The third-order valence-electron chi connectivity index (χ3n) is 4.41. The van der Waals surface area contributed by atoms with Gasteiger partial charge >= 0.3 is 0 Å². The molecule has 0 aliphatic heterocycles. The molecule has 1 aromatic heterocycles. The second kappa shape index (κ2) is 7.72. The molecule has 0 saturated heterocycles. The summed E-state index contributed by atoms with van der Waals surface area (Å²) in [5, 5.41) is 0.685. The molecule has 0 N–H and O–H groups in total. The number of para-hydroxylation sites is 2. The van der Waals surface area contributed by atoms with Crippen molar-refractivity contribution in [1.29, 1.82) is 0 Å². The van der Waals surface area contributed by atoms with E-state index in [4.69, 9.17) is 26.1 Å². The topological polar surface area (TPSA) is 36.3 Å². The van der Waals surface area contributed by atoms with Crippen molar-refractivity contribution in [3.63, 3.8) is 0 Å². The fourth-order valence-electron chi connectivity index (χ4n) is 3.08. The van der Waals surface area contributed by atoms with Gasteiger partial charge in [0.25, 0.3) is 0 Å². The molecule has 27 heavy (non-hydrogen) atoms. The quantitative estimate of drug-likeness (QED) is 0.448. The minimum atomic E-state index is 0.518. The molecular formula is C22H19ClN2O2. The maximum Gasteiger partial charge on any atom is 0.142 e. The zero-order valence-corrected chi connectivity index (χ0v) is 15.7. The largest absolute Gasteiger partial charge is 0.497 e. The zero-order chi connectivity index (χ0) is 18.6. The van der Waals surface area contributed by atoms with Crippen molar-refractivity contribution in [3.05, 3.63) is 77.8 Å². The van der Waals surface area contributed by atoms with E-state index in [1.54, 1.807) is 7.11 Å². The lowest BCUT2D eigenvalue weighted by Gasteiger charge is -2.12. The van der Waals surface area contributed by atoms with Gasteiger partial charge in [0.2, 0.25) is 0 Å². The van der Waals surface area contributed by atoms with Crippen LogP contribution in [0.4, 0.5) is 0 Å². The number of fused-ring (bicyclic) bond motifs is 1. The lowest BCUT2D eigenvalue weighted by Crippen LogP contribution is -2.09. The number of hydrogen-bond donors (Lipinski definition) is 0. The fraction of sp³-hybridized carbons (Fsp3) is 0.136. The lowest BCUT2D eigenvalue weighted by atomic mass is 10.2. The molecule has 0 saturated carbocycles. The molecular weight excluding hydrogens is 360 g/mol. The van der Waals surface area contributed by atoms with Crippen LogP contribution in [0.1, 0.15) is 0 Å². The first kappa shape index (κ1) is 17.4. The molecule has 5 heteroatoms. The van der Waals surface area contributed by atoms with Crippen LogP contribution in [0.5, 0.6) is 11.5 Å². The average molecular weight is 379 g/mol. The summed E-state index contributed by atoms with van der Waals surface area (Å²) in [5.41, 5.74) is 2.92. The highest BCUT2D eigenvalue weighted by Crippen LogP contribution is 2.30. The van der Waals surface area contributed by atoms with Crippen molar-refractivity contribution in [2.24, 2.45) is 0 Å².